The Morgan fingerprint density at radius 1 is 1.21 bits per heavy atom. The lowest BCUT2D eigenvalue weighted by molar-refractivity contribution is -0.119. The Hall–Kier alpha value is -0.930. The second-order valence-electron chi connectivity index (χ2n) is 3.01. The standard InChI is InChI=1S/C9H6Cl2N2O/c1-4-9(14)13-8-3-6(11)5(10)2-7(8)12-4/h2-4H,1H3. The summed E-state index contributed by atoms with van der Waals surface area (Å²) in [5.41, 5.74) is 0. The van der Waals surface area contributed by atoms with E-state index >= 15 is 0 Å². The Labute approximate surface area is 90.1 Å². The van der Waals surface area contributed by atoms with Crippen LogP contribution in [0.25, 0.3) is 0 Å². The van der Waals surface area contributed by atoms with E-state index in [1.165, 1.54) is 0 Å². The molecule has 0 saturated carbocycles. The van der Waals surface area contributed by atoms with Crippen molar-refractivity contribution in [1.29, 1.82) is 0 Å². The molecule has 0 radical (unpaired) electrons. The molecule has 72 valence electrons. The van der Waals surface area contributed by atoms with Crippen molar-refractivity contribution in [1.82, 2.24) is 0 Å². The van der Waals surface area contributed by atoms with Crippen LogP contribution in [0.3, 0.4) is 0 Å². The maximum atomic E-state index is 11.2. The van der Waals surface area contributed by atoms with E-state index < -0.39 is 6.04 Å². The molecule has 1 aliphatic rings. The van der Waals surface area contributed by atoms with Crippen molar-refractivity contribution in [2.45, 2.75) is 13.0 Å². The Morgan fingerprint density at radius 2 is 1.79 bits per heavy atom. The van der Waals surface area contributed by atoms with E-state index in [0.717, 1.165) is 0 Å². The van der Waals surface area contributed by atoms with Gasteiger partial charge in [0.25, 0.3) is 5.91 Å². The monoisotopic (exact) mass is 228 g/mol. The van der Waals surface area contributed by atoms with Gasteiger partial charge in [0.2, 0.25) is 0 Å². The van der Waals surface area contributed by atoms with Gasteiger partial charge >= 0.3 is 0 Å². The molecule has 1 amide bonds. The van der Waals surface area contributed by atoms with E-state index in [1.54, 1.807) is 19.1 Å². The van der Waals surface area contributed by atoms with E-state index in [-0.39, 0.29) is 5.91 Å². The Morgan fingerprint density at radius 3 is 2.43 bits per heavy atom. The number of fused-ring (bicyclic) bond motifs is 1. The van der Waals surface area contributed by atoms with Crippen molar-refractivity contribution in [3.05, 3.63) is 32.9 Å². The van der Waals surface area contributed by atoms with Gasteiger partial charge in [0.15, 0.2) is 0 Å². The van der Waals surface area contributed by atoms with Crippen LogP contribution in [-0.2, 0) is 4.79 Å². The summed E-state index contributed by atoms with van der Waals surface area (Å²) >= 11 is 11.6. The highest BCUT2D eigenvalue weighted by atomic mass is 35.5. The predicted molar refractivity (Wildman–Crippen MR) is 53.2 cm³/mol. The minimum absolute atomic E-state index is 0.254. The summed E-state index contributed by atoms with van der Waals surface area (Å²) < 4.78 is 0. The van der Waals surface area contributed by atoms with Crippen LogP contribution in [0.15, 0.2) is 22.1 Å². The second-order valence-corrected chi connectivity index (χ2v) is 3.82. The first-order chi connectivity index (χ1) is 6.58. The number of hydrogen-bond acceptors (Lipinski definition) is 2. The van der Waals surface area contributed by atoms with E-state index in [1.807, 2.05) is 0 Å². The molecule has 0 fully saturated rings. The Balaban J connectivity index is 2.80. The van der Waals surface area contributed by atoms with E-state index in [2.05, 4.69) is 9.98 Å². The fourth-order valence-electron chi connectivity index (χ4n) is 1.19. The molecule has 1 atom stereocenters. The molecule has 1 aromatic carbocycles. The summed E-state index contributed by atoms with van der Waals surface area (Å²) in [6.45, 7) is 1.69. The summed E-state index contributed by atoms with van der Waals surface area (Å²) in [5.74, 6) is -0.254. The van der Waals surface area contributed by atoms with Gasteiger partial charge in [-0.25, -0.2) is 4.99 Å². The van der Waals surface area contributed by atoms with Crippen molar-refractivity contribution >= 4 is 29.1 Å². The third-order valence-corrected chi connectivity index (χ3v) is 2.66. The smallest absolute Gasteiger partial charge is 0.270 e. The fraction of sp³-hybridized carbons (Fsp3) is 0.222. The number of nitrogens with zero attached hydrogens (tertiary/aromatic N) is 2. The molecule has 0 N–H and O–H groups in total. The van der Waals surface area contributed by atoms with Crippen molar-refractivity contribution < 1.29 is 4.79 Å². The van der Waals surface area contributed by atoms with Crippen molar-refractivity contribution in [3.63, 3.8) is 0 Å². The number of amides is 1. The van der Waals surface area contributed by atoms with Crippen molar-refractivity contribution in [2.75, 3.05) is 0 Å². The number of carbonyl (C=O) groups is 1. The summed E-state index contributed by atoms with van der Waals surface area (Å²) in [7, 11) is 0. The molecule has 14 heavy (non-hydrogen) atoms. The van der Waals surface area contributed by atoms with Gasteiger partial charge in [-0.05, 0) is 19.1 Å². The molecule has 1 heterocycles. The van der Waals surface area contributed by atoms with Gasteiger partial charge in [-0.3, -0.25) is 9.79 Å². The van der Waals surface area contributed by atoms with Gasteiger partial charge in [-0.2, -0.15) is 0 Å². The number of hydrogen-bond donors (Lipinski definition) is 0. The van der Waals surface area contributed by atoms with Crippen LogP contribution < -0.4 is 10.7 Å². The molecule has 5 heteroatoms. The molecule has 0 bridgehead atoms. The minimum atomic E-state index is -0.431. The zero-order valence-corrected chi connectivity index (χ0v) is 8.80. The largest absolute Gasteiger partial charge is 0.270 e. The average molecular weight is 229 g/mol. The summed E-state index contributed by atoms with van der Waals surface area (Å²) in [5, 5.41) is 1.91. The molecule has 1 aromatic rings. The molecule has 1 unspecified atom stereocenters. The lowest BCUT2D eigenvalue weighted by atomic mass is 10.2. The van der Waals surface area contributed by atoms with Crippen LogP contribution in [0, 0.1) is 0 Å². The third-order valence-electron chi connectivity index (χ3n) is 1.94. The molecule has 0 spiro atoms. The van der Waals surface area contributed by atoms with Crippen LogP contribution >= 0.6 is 23.2 Å². The first-order valence-corrected chi connectivity index (χ1v) is 4.79. The second kappa shape index (κ2) is 3.33. The van der Waals surface area contributed by atoms with E-state index in [0.29, 0.717) is 20.8 Å². The quantitative estimate of drug-likeness (QED) is 0.658. The zero-order chi connectivity index (χ0) is 10.3. The van der Waals surface area contributed by atoms with Crippen LogP contribution in [0.2, 0.25) is 10.0 Å². The molecule has 3 nitrogen and oxygen atoms in total. The van der Waals surface area contributed by atoms with E-state index in [9.17, 15) is 4.79 Å². The molecule has 0 aromatic heterocycles. The van der Waals surface area contributed by atoms with Crippen LogP contribution in [0.4, 0.5) is 0 Å². The Kier molecular flexibility index (Phi) is 2.29. The van der Waals surface area contributed by atoms with Crippen molar-refractivity contribution in [3.8, 4) is 0 Å². The Bertz CT molecular complexity index is 524. The normalized spacial score (nSPS) is 19.6. The number of rotatable bonds is 0. The highest BCUT2D eigenvalue weighted by molar-refractivity contribution is 6.41. The van der Waals surface area contributed by atoms with Gasteiger partial charge in [0.1, 0.15) is 6.04 Å². The zero-order valence-electron chi connectivity index (χ0n) is 7.29. The fourth-order valence-corrected chi connectivity index (χ4v) is 1.51. The van der Waals surface area contributed by atoms with Crippen LogP contribution in [0.1, 0.15) is 6.92 Å². The third kappa shape index (κ3) is 1.53. The maximum absolute atomic E-state index is 11.2. The predicted octanol–water partition coefficient (Wildman–Crippen LogP) is 1.16. The molecular weight excluding hydrogens is 223 g/mol. The topological polar surface area (TPSA) is 41.8 Å². The van der Waals surface area contributed by atoms with Gasteiger partial charge < -0.3 is 0 Å². The molecular formula is C9H6Cl2N2O. The lowest BCUT2D eigenvalue weighted by Crippen LogP contribution is -2.35. The summed E-state index contributed by atoms with van der Waals surface area (Å²) in [6, 6.07) is 2.73. The van der Waals surface area contributed by atoms with Gasteiger partial charge in [-0.15, -0.1) is 0 Å². The highest BCUT2D eigenvalue weighted by Crippen LogP contribution is 2.16. The molecule has 0 saturated heterocycles. The average Bonchev–Trinajstić information content (AvgIpc) is 2.11. The number of benzene rings is 1. The highest BCUT2D eigenvalue weighted by Gasteiger charge is 2.14. The molecule has 2 rings (SSSR count). The minimum Gasteiger partial charge on any atom is -0.270 e. The van der Waals surface area contributed by atoms with Gasteiger partial charge in [0, 0.05) is 0 Å². The van der Waals surface area contributed by atoms with E-state index in [4.69, 9.17) is 23.2 Å². The molecule has 1 aliphatic heterocycles. The first-order valence-electron chi connectivity index (χ1n) is 4.03. The van der Waals surface area contributed by atoms with Crippen LogP contribution in [0.5, 0.6) is 0 Å². The molecule has 0 aliphatic carbocycles. The SMILES string of the molecule is CC1N=c2cc(Cl)c(Cl)cc2=NC1=O. The first kappa shape index (κ1) is 9.62. The summed E-state index contributed by atoms with van der Waals surface area (Å²) in [6.07, 6.45) is 0. The maximum Gasteiger partial charge on any atom is 0.270 e. The van der Waals surface area contributed by atoms with Gasteiger partial charge in [0.05, 0.1) is 20.8 Å². The summed E-state index contributed by atoms with van der Waals surface area (Å²) in [4.78, 5) is 19.2. The van der Waals surface area contributed by atoms with Crippen molar-refractivity contribution in [2.24, 2.45) is 9.98 Å². The lowest BCUT2D eigenvalue weighted by Gasteiger charge is -2.06. The van der Waals surface area contributed by atoms with Gasteiger partial charge in [-0.1, -0.05) is 23.2 Å². The number of carbonyl (C=O) groups excluding carboxylic acids is 1. The number of halogens is 2. The van der Waals surface area contributed by atoms with Crippen LogP contribution in [-0.4, -0.2) is 11.9 Å².